The van der Waals surface area contributed by atoms with Gasteiger partial charge >= 0.3 is 0 Å². The van der Waals surface area contributed by atoms with Crippen LogP contribution >= 0.6 is 23.2 Å². The number of amides is 1. The molecule has 4 rings (SSSR count). The molecule has 0 radical (unpaired) electrons. The largest absolute Gasteiger partial charge is 0.389 e. The summed E-state index contributed by atoms with van der Waals surface area (Å²) in [5.74, 6) is -0.382. The van der Waals surface area contributed by atoms with Crippen molar-refractivity contribution >= 4 is 40.4 Å². The number of hydrogen-bond acceptors (Lipinski definition) is 5. The van der Waals surface area contributed by atoms with Crippen molar-refractivity contribution < 1.29 is 9.90 Å². The molecule has 1 amide bonds. The number of benzene rings is 1. The second kappa shape index (κ2) is 7.71. The van der Waals surface area contributed by atoms with Crippen molar-refractivity contribution in [1.29, 1.82) is 0 Å². The molecule has 0 saturated carbocycles. The maximum atomic E-state index is 13.0. The number of rotatable bonds is 5. The molecule has 4 aromatic rings. The minimum Gasteiger partial charge on any atom is -0.389 e. The molecule has 0 spiro atoms. The number of anilines is 1. The van der Waals surface area contributed by atoms with E-state index in [1.807, 2.05) is 0 Å². The van der Waals surface area contributed by atoms with E-state index in [-0.39, 0.29) is 12.5 Å². The minimum absolute atomic E-state index is 0.232. The lowest BCUT2D eigenvalue weighted by atomic mass is 10.1. The Balaban J connectivity index is 1.73. The van der Waals surface area contributed by atoms with E-state index in [1.54, 1.807) is 61.4 Å². The van der Waals surface area contributed by atoms with Crippen LogP contribution in [0.4, 0.5) is 5.69 Å². The third kappa shape index (κ3) is 4.16. The fraction of sp³-hybridized carbons (Fsp3) is 0.200. The van der Waals surface area contributed by atoms with Crippen LogP contribution in [0.2, 0.25) is 10.0 Å². The van der Waals surface area contributed by atoms with E-state index >= 15 is 0 Å². The topological polar surface area (TPSA) is 97.3 Å². The molecule has 0 aliphatic carbocycles. The summed E-state index contributed by atoms with van der Waals surface area (Å²) in [6.45, 7) is 3.59. The Labute approximate surface area is 182 Å². The molecule has 0 aliphatic rings. The van der Waals surface area contributed by atoms with E-state index in [0.717, 1.165) is 0 Å². The number of halogens is 2. The predicted octanol–water partition coefficient (Wildman–Crippen LogP) is 3.92. The Morgan fingerprint density at radius 1 is 1.27 bits per heavy atom. The molecule has 0 aliphatic heterocycles. The summed E-state index contributed by atoms with van der Waals surface area (Å²) in [7, 11) is 0. The zero-order valence-corrected chi connectivity index (χ0v) is 17.7. The maximum Gasteiger partial charge on any atom is 0.261 e. The molecule has 0 atom stereocenters. The zero-order valence-electron chi connectivity index (χ0n) is 16.2. The molecule has 154 valence electrons. The Morgan fingerprint density at radius 3 is 2.80 bits per heavy atom. The third-order valence-electron chi connectivity index (χ3n) is 4.28. The highest BCUT2D eigenvalue weighted by molar-refractivity contribution is 6.42. The highest BCUT2D eigenvalue weighted by Gasteiger charge is 2.21. The Morgan fingerprint density at radius 2 is 2.07 bits per heavy atom. The van der Waals surface area contributed by atoms with Crippen LogP contribution in [0.3, 0.4) is 0 Å². The lowest BCUT2D eigenvalue weighted by Crippen LogP contribution is -2.26. The van der Waals surface area contributed by atoms with Crippen molar-refractivity contribution in [2.24, 2.45) is 0 Å². The normalized spacial score (nSPS) is 11.8. The van der Waals surface area contributed by atoms with Gasteiger partial charge in [0.2, 0.25) is 0 Å². The number of hydrogen-bond donors (Lipinski definition) is 2. The smallest absolute Gasteiger partial charge is 0.261 e. The summed E-state index contributed by atoms with van der Waals surface area (Å²) in [6, 6.07) is 6.82. The van der Waals surface area contributed by atoms with Crippen LogP contribution in [0.25, 0.3) is 16.9 Å². The molecule has 0 bridgehead atoms. The standard InChI is InChI=1S/C20H18Cl2N6O2/c1-20(2,30)11-27-10-16(17(26-27)12-4-5-14(21)15(22)8-12)25-19(29)13-9-24-28-7-3-6-23-18(13)28/h3-10,30H,11H2,1-2H3,(H,25,29). The zero-order chi connectivity index (χ0) is 21.5. The van der Waals surface area contributed by atoms with Gasteiger partial charge in [-0.25, -0.2) is 9.50 Å². The van der Waals surface area contributed by atoms with Gasteiger partial charge < -0.3 is 10.4 Å². The van der Waals surface area contributed by atoms with E-state index in [2.05, 4.69) is 20.5 Å². The molecule has 30 heavy (non-hydrogen) atoms. The van der Waals surface area contributed by atoms with E-state index < -0.39 is 5.60 Å². The van der Waals surface area contributed by atoms with Gasteiger partial charge in [0.15, 0.2) is 5.65 Å². The number of fused-ring (bicyclic) bond motifs is 1. The molecular formula is C20H18Cl2N6O2. The molecule has 0 unspecified atom stereocenters. The first-order chi connectivity index (χ1) is 14.2. The summed E-state index contributed by atoms with van der Waals surface area (Å²) >= 11 is 12.2. The summed E-state index contributed by atoms with van der Waals surface area (Å²) < 4.78 is 3.09. The monoisotopic (exact) mass is 444 g/mol. The van der Waals surface area contributed by atoms with Crippen LogP contribution in [0.1, 0.15) is 24.2 Å². The third-order valence-corrected chi connectivity index (χ3v) is 5.01. The van der Waals surface area contributed by atoms with Gasteiger partial charge in [0.1, 0.15) is 11.3 Å². The Bertz CT molecular complexity index is 1240. The van der Waals surface area contributed by atoms with E-state index in [4.69, 9.17) is 23.2 Å². The van der Waals surface area contributed by atoms with Gasteiger partial charge in [-0.1, -0.05) is 29.3 Å². The summed E-state index contributed by atoms with van der Waals surface area (Å²) in [6.07, 6.45) is 6.42. The highest BCUT2D eigenvalue weighted by Crippen LogP contribution is 2.32. The number of carbonyl (C=O) groups excluding carboxylic acids is 1. The van der Waals surface area contributed by atoms with Gasteiger partial charge in [0.25, 0.3) is 5.91 Å². The minimum atomic E-state index is -0.991. The molecule has 0 saturated heterocycles. The van der Waals surface area contributed by atoms with Crippen LogP contribution in [0.5, 0.6) is 0 Å². The predicted molar refractivity (Wildman–Crippen MR) is 115 cm³/mol. The number of aromatic nitrogens is 5. The molecule has 3 heterocycles. The van der Waals surface area contributed by atoms with Crippen LogP contribution < -0.4 is 5.32 Å². The van der Waals surface area contributed by atoms with Gasteiger partial charge in [-0.2, -0.15) is 10.2 Å². The van der Waals surface area contributed by atoms with E-state index in [1.165, 1.54) is 10.7 Å². The highest BCUT2D eigenvalue weighted by atomic mass is 35.5. The lowest BCUT2D eigenvalue weighted by molar-refractivity contribution is 0.0578. The molecule has 1 aromatic carbocycles. The average molecular weight is 445 g/mol. The molecule has 3 aromatic heterocycles. The number of aliphatic hydroxyl groups is 1. The van der Waals surface area contributed by atoms with Crippen molar-refractivity contribution in [1.82, 2.24) is 24.4 Å². The maximum absolute atomic E-state index is 13.0. The van der Waals surface area contributed by atoms with Crippen molar-refractivity contribution in [3.8, 4) is 11.3 Å². The second-order valence-corrected chi connectivity index (χ2v) is 8.24. The first kappa shape index (κ1) is 20.3. The van der Waals surface area contributed by atoms with Crippen molar-refractivity contribution in [3.05, 3.63) is 64.7 Å². The van der Waals surface area contributed by atoms with Crippen LogP contribution in [-0.4, -0.2) is 41.0 Å². The summed E-state index contributed by atoms with van der Waals surface area (Å²) in [5.41, 5.74) is 1.40. The van der Waals surface area contributed by atoms with Crippen LogP contribution in [0, 0.1) is 0 Å². The quantitative estimate of drug-likeness (QED) is 0.485. The number of nitrogens with one attached hydrogen (secondary N) is 1. The van der Waals surface area contributed by atoms with Crippen molar-refractivity contribution in [2.45, 2.75) is 26.0 Å². The van der Waals surface area contributed by atoms with Gasteiger partial charge in [0.05, 0.1) is 34.1 Å². The first-order valence-electron chi connectivity index (χ1n) is 9.06. The molecular weight excluding hydrogens is 427 g/mol. The van der Waals surface area contributed by atoms with Crippen molar-refractivity contribution in [3.63, 3.8) is 0 Å². The van der Waals surface area contributed by atoms with Gasteiger partial charge in [-0.05, 0) is 32.0 Å². The Hall–Kier alpha value is -2.94. The van der Waals surface area contributed by atoms with Gasteiger partial charge in [-0.15, -0.1) is 0 Å². The molecule has 10 heteroatoms. The SMILES string of the molecule is CC(C)(O)Cn1cc(NC(=O)c2cnn3cccnc23)c(-c2ccc(Cl)c(Cl)c2)n1. The Kier molecular flexibility index (Phi) is 5.23. The average Bonchev–Trinajstić information content (AvgIpc) is 3.26. The fourth-order valence-corrected chi connectivity index (χ4v) is 3.32. The number of nitrogens with zero attached hydrogens (tertiary/aromatic N) is 5. The molecule has 2 N–H and O–H groups in total. The van der Waals surface area contributed by atoms with Crippen LogP contribution in [0.15, 0.2) is 49.1 Å². The summed E-state index contributed by atoms with van der Waals surface area (Å²) in [4.78, 5) is 17.2. The fourth-order valence-electron chi connectivity index (χ4n) is 3.02. The number of carbonyl (C=O) groups is 1. The van der Waals surface area contributed by atoms with E-state index in [0.29, 0.717) is 38.2 Å². The first-order valence-corrected chi connectivity index (χ1v) is 9.82. The van der Waals surface area contributed by atoms with Gasteiger partial charge in [-0.3, -0.25) is 9.48 Å². The molecule has 0 fully saturated rings. The second-order valence-electron chi connectivity index (χ2n) is 7.43. The van der Waals surface area contributed by atoms with Crippen LogP contribution in [-0.2, 0) is 6.54 Å². The van der Waals surface area contributed by atoms with E-state index in [9.17, 15) is 9.90 Å². The van der Waals surface area contributed by atoms with Crippen molar-refractivity contribution in [2.75, 3.05) is 5.32 Å². The lowest BCUT2D eigenvalue weighted by Gasteiger charge is -2.16. The summed E-state index contributed by atoms with van der Waals surface area (Å²) in [5, 5.41) is 22.5. The van der Waals surface area contributed by atoms with Gasteiger partial charge in [0, 0.05) is 24.2 Å². The molecule has 8 nitrogen and oxygen atoms in total.